The predicted octanol–water partition coefficient (Wildman–Crippen LogP) is 1.81. The molecule has 0 unspecified atom stereocenters. The molecule has 1 aliphatic rings. The highest BCUT2D eigenvalue weighted by Gasteiger charge is 2.29. The predicted molar refractivity (Wildman–Crippen MR) is 155 cm³/mol. The number of anilines is 1. The third-order valence-electron chi connectivity index (χ3n) is 7.12. The number of amides is 2. The van der Waals surface area contributed by atoms with Gasteiger partial charge in [0, 0.05) is 68.8 Å². The first kappa shape index (κ1) is 30.9. The number of likely N-dealkylation sites (N-methyl/N-ethyl adjacent to an activating group) is 1. The van der Waals surface area contributed by atoms with Crippen molar-refractivity contribution in [1.82, 2.24) is 24.3 Å². The topological polar surface area (TPSA) is 115 Å². The molecule has 0 aliphatic carbocycles. The van der Waals surface area contributed by atoms with E-state index in [4.69, 9.17) is 0 Å². The van der Waals surface area contributed by atoms with E-state index in [0.717, 1.165) is 48.2 Å². The molecule has 0 atom stereocenters. The number of rotatable bonds is 8. The molecule has 2 aromatic heterocycles. The number of benzene rings is 1. The summed E-state index contributed by atoms with van der Waals surface area (Å²) in [6.07, 6.45) is 0.746. The van der Waals surface area contributed by atoms with Gasteiger partial charge in [-0.2, -0.15) is 18.4 Å². The Bertz CT molecular complexity index is 1690. The van der Waals surface area contributed by atoms with Gasteiger partial charge in [-0.1, -0.05) is 0 Å². The Labute approximate surface area is 243 Å². The third kappa shape index (κ3) is 7.03. The smallest absolute Gasteiger partial charge is 0.360 e. The summed E-state index contributed by atoms with van der Waals surface area (Å²) in [4.78, 5) is 41.1. The fraction of sp³-hybridized carbons (Fsp3) is 0.429. The molecule has 0 bridgehead atoms. The van der Waals surface area contributed by atoms with Crippen LogP contribution in [0, 0.1) is 11.3 Å². The molecule has 0 saturated carbocycles. The highest BCUT2D eigenvalue weighted by molar-refractivity contribution is 7.07. The van der Waals surface area contributed by atoms with Crippen molar-refractivity contribution >= 4 is 51.5 Å². The van der Waals surface area contributed by atoms with Gasteiger partial charge in [0.15, 0.2) is 5.57 Å². The summed E-state index contributed by atoms with van der Waals surface area (Å²) in [6.45, 7) is 2.29. The Balaban J connectivity index is 1.52. The summed E-state index contributed by atoms with van der Waals surface area (Å²) in [5, 5.41) is 15.3. The SMILES string of the molecule is CCn1c(=O)/c(=C/Nc2ccc3c(ccn3C3CCN(CC(=O)N(C)C)CC3)c2)s/c1=C(\C#N)C(=O)NCC(F)(F)F. The van der Waals surface area contributed by atoms with Gasteiger partial charge in [-0.05, 0) is 44.0 Å². The number of nitrogens with zero attached hydrogens (tertiary/aromatic N) is 5. The lowest BCUT2D eigenvalue weighted by Gasteiger charge is -2.33. The summed E-state index contributed by atoms with van der Waals surface area (Å²) in [5.74, 6) is -1.10. The Kier molecular flexibility index (Phi) is 9.43. The number of hydrogen-bond donors (Lipinski definition) is 2. The average molecular weight is 604 g/mol. The van der Waals surface area contributed by atoms with Gasteiger partial charge in [-0.25, -0.2) is 0 Å². The van der Waals surface area contributed by atoms with Gasteiger partial charge in [-0.3, -0.25) is 23.9 Å². The van der Waals surface area contributed by atoms with Gasteiger partial charge in [0.2, 0.25) is 5.91 Å². The number of nitriles is 1. The number of piperidine rings is 1. The second-order valence-corrected chi connectivity index (χ2v) is 11.2. The largest absolute Gasteiger partial charge is 0.405 e. The molecule has 42 heavy (non-hydrogen) atoms. The lowest BCUT2D eigenvalue weighted by atomic mass is 10.0. The molecule has 2 amide bonds. The zero-order chi connectivity index (χ0) is 30.6. The monoisotopic (exact) mass is 603 g/mol. The molecule has 1 aliphatic heterocycles. The van der Waals surface area contributed by atoms with Crippen LogP contribution in [0.1, 0.15) is 25.8 Å². The van der Waals surface area contributed by atoms with E-state index in [1.54, 1.807) is 37.3 Å². The maximum absolute atomic E-state index is 12.9. The molecular formula is C28H32F3N7O3S. The summed E-state index contributed by atoms with van der Waals surface area (Å²) < 4.78 is 41.2. The fourth-order valence-corrected chi connectivity index (χ4v) is 5.95. The molecule has 1 aromatic carbocycles. The Morgan fingerprint density at radius 2 is 1.93 bits per heavy atom. The molecular weight excluding hydrogens is 571 g/mol. The van der Waals surface area contributed by atoms with Crippen molar-refractivity contribution in [3.63, 3.8) is 0 Å². The fourth-order valence-electron chi connectivity index (χ4n) is 4.87. The van der Waals surface area contributed by atoms with E-state index in [-0.39, 0.29) is 21.6 Å². The van der Waals surface area contributed by atoms with Crippen LogP contribution in [0.3, 0.4) is 0 Å². The third-order valence-corrected chi connectivity index (χ3v) is 8.25. The van der Waals surface area contributed by atoms with Gasteiger partial charge < -0.3 is 20.1 Å². The van der Waals surface area contributed by atoms with Gasteiger partial charge in [0.25, 0.3) is 11.5 Å². The first-order chi connectivity index (χ1) is 19.9. The Morgan fingerprint density at radius 3 is 2.55 bits per heavy atom. The maximum atomic E-state index is 12.9. The van der Waals surface area contributed by atoms with Crippen LogP contribution in [0.15, 0.2) is 35.3 Å². The van der Waals surface area contributed by atoms with Crippen LogP contribution < -0.4 is 25.4 Å². The number of alkyl halides is 3. The number of nitrogens with one attached hydrogen (secondary N) is 2. The van der Waals surface area contributed by atoms with Gasteiger partial charge in [0.1, 0.15) is 21.8 Å². The van der Waals surface area contributed by atoms with Crippen molar-refractivity contribution in [2.75, 3.05) is 45.6 Å². The van der Waals surface area contributed by atoms with Crippen LogP contribution in [-0.4, -0.2) is 77.2 Å². The van der Waals surface area contributed by atoms with Gasteiger partial charge in [0.05, 0.1) is 6.54 Å². The van der Waals surface area contributed by atoms with Crippen molar-refractivity contribution in [3.05, 3.63) is 50.0 Å². The van der Waals surface area contributed by atoms with E-state index in [2.05, 4.69) is 21.0 Å². The van der Waals surface area contributed by atoms with Crippen LogP contribution in [0.4, 0.5) is 18.9 Å². The molecule has 3 aromatic rings. The van der Waals surface area contributed by atoms with Crippen LogP contribution >= 0.6 is 11.3 Å². The first-order valence-corrected chi connectivity index (χ1v) is 14.2. The number of carbonyl (C=O) groups excluding carboxylic acids is 2. The molecule has 0 radical (unpaired) electrons. The van der Waals surface area contributed by atoms with E-state index >= 15 is 0 Å². The Morgan fingerprint density at radius 1 is 1.21 bits per heavy atom. The molecule has 4 rings (SSSR count). The molecule has 3 heterocycles. The molecule has 1 saturated heterocycles. The van der Waals surface area contributed by atoms with Crippen LogP contribution in [0.5, 0.6) is 0 Å². The molecule has 224 valence electrons. The quantitative estimate of drug-likeness (QED) is 0.406. The number of fused-ring (bicyclic) bond motifs is 1. The summed E-state index contributed by atoms with van der Waals surface area (Å²) >= 11 is 0.855. The van der Waals surface area contributed by atoms with Crippen molar-refractivity contribution in [3.8, 4) is 6.07 Å². The van der Waals surface area contributed by atoms with Crippen LogP contribution in [0.2, 0.25) is 0 Å². The highest BCUT2D eigenvalue weighted by atomic mass is 32.1. The lowest BCUT2D eigenvalue weighted by Crippen LogP contribution is -2.41. The molecule has 0 spiro atoms. The number of thiazole rings is 1. The summed E-state index contributed by atoms with van der Waals surface area (Å²) in [7, 11) is 3.52. The minimum absolute atomic E-state index is 0.0117. The first-order valence-electron chi connectivity index (χ1n) is 13.4. The minimum Gasteiger partial charge on any atom is -0.360 e. The molecule has 10 nitrogen and oxygen atoms in total. The second-order valence-electron chi connectivity index (χ2n) is 10.2. The van der Waals surface area contributed by atoms with Crippen molar-refractivity contribution in [1.29, 1.82) is 5.26 Å². The number of carbonyl (C=O) groups is 2. The highest BCUT2D eigenvalue weighted by Crippen LogP contribution is 2.29. The summed E-state index contributed by atoms with van der Waals surface area (Å²) in [5.41, 5.74) is 0.753. The van der Waals surface area contributed by atoms with Crippen molar-refractivity contribution < 1.29 is 22.8 Å². The van der Waals surface area contributed by atoms with Crippen LogP contribution in [-0.2, 0) is 16.1 Å². The standard InChI is InChI=1S/C28H32F3N7O3S/c1-4-37-26(41)23(42-27(37)21(14-32)25(40)34-17-28(29,30)31)15-33-19-5-6-22-18(13-19)7-12-38(22)20-8-10-36(11-9-20)16-24(39)35(2)3/h5-7,12-13,15,20,33H,4,8-11,16-17H2,1-3H3,(H,34,40)/b23-15-,27-21+. The molecule has 2 N–H and O–H groups in total. The molecule has 1 fully saturated rings. The van der Waals surface area contributed by atoms with Gasteiger partial charge >= 0.3 is 6.18 Å². The zero-order valence-corrected chi connectivity index (χ0v) is 24.3. The molecule has 14 heteroatoms. The van der Waals surface area contributed by atoms with E-state index in [9.17, 15) is 32.8 Å². The van der Waals surface area contributed by atoms with E-state index < -0.39 is 29.8 Å². The van der Waals surface area contributed by atoms with Gasteiger partial charge in [-0.15, -0.1) is 11.3 Å². The van der Waals surface area contributed by atoms with E-state index in [0.29, 0.717) is 18.3 Å². The van der Waals surface area contributed by atoms with E-state index in [1.807, 2.05) is 24.3 Å². The minimum atomic E-state index is -4.63. The normalized spacial score (nSPS) is 15.9. The number of hydrogen-bond acceptors (Lipinski definition) is 7. The second kappa shape index (κ2) is 12.8. The Hall–Kier alpha value is -4.09. The lowest BCUT2D eigenvalue weighted by molar-refractivity contribution is -0.135. The van der Waals surface area contributed by atoms with Crippen molar-refractivity contribution in [2.24, 2.45) is 0 Å². The van der Waals surface area contributed by atoms with Crippen LogP contribution in [0.25, 0.3) is 22.7 Å². The average Bonchev–Trinajstić information content (AvgIpc) is 3.51. The maximum Gasteiger partial charge on any atom is 0.405 e. The number of likely N-dealkylation sites (tertiary alicyclic amines) is 1. The van der Waals surface area contributed by atoms with E-state index in [1.165, 1.54) is 10.8 Å². The zero-order valence-electron chi connectivity index (χ0n) is 23.5. The summed E-state index contributed by atoms with van der Waals surface area (Å²) in [6, 6.07) is 9.78. The van der Waals surface area contributed by atoms with Crippen molar-refractivity contribution in [2.45, 2.75) is 38.5 Å². The number of halogens is 3. The number of aromatic nitrogens is 2.